The number of aromatic nitrogens is 2. The van der Waals surface area contributed by atoms with Crippen molar-refractivity contribution < 1.29 is 9.59 Å². The number of rotatable bonds is 7. The maximum absolute atomic E-state index is 12.2. The Labute approximate surface area is 152 Å². The number of carbonyl (C=O) groups excluding carboxylic acids is 2. The van der Waals surface area contributed by atoms with Gasteiger partial charge in [0.05, 0.1) is 11.4 Å². The number of nitrogens with one attached hydrogen (secondary N) is 1. The number of halogens is 1. The Hall–Kier alpha value is -2.40. The molecule has 0 saturated heterocycles. The highest BCUT2D eigenvalue weighted by Crippen LogP contribution is 2.22. The van der Waals surface area contributed by atoms with Crippen LogP contribution in [0.2, 0.25) is 5.15 Å². The number of anilines is 1. The lowest BCUT2D eigenvalue weighted by molar-refractivity contribution is -0.111. The highest BCUT2D eigenvalue weighted by Gasteiger charge is 2.12. The van der Waals surface area contributed by atoms with Crippen molar-refractivity contribution in [3.8, 4) is 0 Å². The number of Topliss-reactive ketones (excluding diaryl/α,β-unsaturated/α-hetero) is 1. The van der Waals surface area contributed by atoms with Gasteiger partial charge >= 0.3 is 0 Å². The van der Waals surface area contributed by atoms with Crippen LogP contribution in [0.15, 0.2) is 30.3 Å². The molecule has 0 unspecified atom stereocenters. The molecule has 1 heterocycles. The lowest BCUT2D eigenvalue weighted by Gasteiger charge is -2.06. The lowest BCUT2D eigenvalue weighted by Crippen LogP contribution is -2.11. The quantitative estimate of drug-likeness (QED) is 0.584. The van der Waals surface area contributed by atoms with E-state index in [1.54, 1.807) is 35.0 Å². The number of nitrogens with zero attached hydrogens (tertiary/aromatic N) is 2. The van der Waals surface area contributed by atoms with Crippen molar-refractivity contribution >= 4 is 35.1 Å². The van der Waals surface area contributed by atoms with E-state index >= 15 is 0 Å². The normalized spacial score (nSPS) is 11.0. The second-order valence-electron chi connectivity index (χ2n) is 5.79. The summed E-state index contributed by atoms with van der Waals surface area (Å²) in [6, 6.07) is 6.91. The van der Waals surface area contributed by atoms with Gasteiger partial charge in [0, 0.05) is 23.7 Å². The SMILES string of the molecule is CCCCn1nc(C)c(C=CC(=O)Nc2ccccc2C(C)=O)c1Cl. The Kier molecular flexibility index (Phi) is 6.53. The first-order valence-corrected chi connectivity index (χ1v) is 8.63. The molecule has 0 aliphatic carbocycles. The van der Waals surface area contributed by atoms with Crippen LogP contribution in [-0.2, 0) is 11.3 Å². The van der Waals surface area contributed by atoms with E-state index in [2.05, 4.69) is 17.3 Å². The summed E-state index contributed by atoms with van der Waals surface area (Å²) >= 11 is 6.35. The minimum atomic E-state index is -0.328. The van der Waals surface area contributed by atoms with E-state index in [9.17, 15) is 9.59 Å². The maximum atomic E-state index is 12.2. The first-order valence-electron chi connectivity index (χ1n) is 8.26. The number of amides is 1. The highest BCUT2D eigenvalue weighted by atomic mass is 35.5. The first kappa shape index (κ1) is 18.9. The Balaban J connectivity index is 2.14. The van der Waals surface area contributed by atoms with Crippen LogP contribution < -0.4 is 5.32 Å². The van der Waals surface area contributed by atoms with Gasteiger partial charge in [-0.3, -0.25) is 14.3 Å². The summed E-state index contributed by atoms with van der Waals surface area (Å²) in [5, 5.41) is 7.66. The molecule has 0 aliphatic heterocycles. The van der Waals surface area contributed by atoms with Gasteiger partial charge in [-0.15, -0.1) is 0 Å². The van der Waals surface area contributed by atoms with Gasteiger partial charge in [-0.2, -0.15) is 5.10 Å². The molecule has 1 aromatic carbocycles. The second-order valence-corrected chi connectivity index (χ2v) is 6.15. The van der Waals surface area contributed by atoms with Gasteiger partial charge in [0.25, 0.3) is 0 Å². The van der Waals surface area contributed by atoms with E-state index in [0.717, 1.165) is 30.6 Å². The summed E-state index contributed by atoms with van der Waals surface area (Å²) in [4.78, 5) is 23.8. The molecular formula is C19H22ClN3O2. The standard InChI is InChI=1S/C19H22ClN3O2/c1-4-5-12-23-19(20)15(13(2)22-23)10-11-18(25)21-17-9-7-6-8-16(17)14(3)24/h6-11H,4-5,12H2,1-3H3,(H,21,25). The lowest BCUT2D eigenvalue weighted by atomic mass is 10.1. The molecular weight excluding hydrogens is 338 g/mol. The smallest absolute Gasteiger partial charge is 0.248 e. The van der Waals surface area contributed by atoms with E-state index in [0.29, 0.717) is 16.4 Å². The van der Waals surface area contributed by atoms with Crippen molar-refractivity contribution in [2.45, 2.75) is 40.2 Å². The minimum Gasteiger partial charge on any atom is -0.322 e. The van der Waals surface area contributed by atoms with E-state index in [1.807, 2.05) is 6.92 Å². The Bertz CT molecular complexity index is 809. The molecule has 0 fully saturated rings. The monoisotopic (exact) mass is 359 g/mol. The van der Waals surface area contributed by atoms with Gasteiger partial charge in [-0.25, -0.2) is 0 Å². The molecule has 1 amide bonds. The molecule has 0 spiro atoms. The summed E-state index contributed by atoms with van der Waals surface area (Å²) in [5.41, 5.74) is 2.47. The van der Waals surface area contributed by atoms with Gasteiger partial charge in [0.15, 0.2) is 5.78 Å². The Morgan fingerprint density at radius 2 is 2.04 bits per heavy atom. The molecule has 0 aliphatic rings. The molecule has 0 bridgehead atoms. The number of benzene rings is 1. The van der Waals surface area contributed by atoms with E-state index in [-0.39, 0.29) is 11.7 Å². The molecule has 25 heavy (non-hydrogen) atoms. The largest absolute Gasteiger partial charge is 0.322 e. The van der Waals surface area contributed by atoms with Crippen molar-refractivity contribution in [1.82, 2.24) is 9.78 Å². The fourth-order valence-corrected chi connectivity index (χ4v) is 2.77. The zero-order chi connectivity index (χ0) is 18.4. The van der Waals surface area contributed by atoms with Gasteiger partial charge in [-0.05, 0) is 38.5 Å². The first-order chi connectivity index (χ1) is 11.9. The molecule has 0 radical (unpaired) electrons. The highest BCUT2D eigenvalue weighted by molar-refractivity contribution is 6.31. The number of ketones is 1. The predicted octanol–water partition coefficient (Wildman–Crippen LogP) is 4.50. The molecule has 0 atom stereocenters. The van der Waals surface area contributed by atoms with Crippen molar-refractivity contribution in [1.29, 1.82) is 0 Å². The molecule has 0 saturated carbocycles. The van der Waals surface area contributed by atoms with Crippen molar-refractivity contribution in [2.24, 2.45) is 0 Å². The Morgan fingerprint density at radius 3 is 2.72 bits per heavy atom. The Morgan fingerprint density at radius 1 is 1.32 bits per heavy atom. The second kappa shape index (κ2) is 8.62. The zero-order valence-electron chi connectivity index (χ0n) is 14.7. The molecule has 5 nitrogen and oxygen atoms in total. The number of hydrogen-bond donors (Lipinski definition) is 1. The molecule has 2 aromatic rings. The maximum Gasteiger partial charge on any atom is 0.248 e. The van der Waals surface area contributed by atoms with Crippen LogP contribution in [-0.4, -0.2) is 21.5 Å². The van der Waals surface area contributed by atoms with Crippen LogP contribution in [0.25, 0.3) is 6.08 Å². The number of para-hydroxylation sites is 1. The average molecular weight is 360 g/mol. The van der Waals surface area contributed by atoms with E-state index in [4.69, 9.17) is 11.6 Å². The zero-order valence-corrected chi connectivity index (χ0v) is 15.4. The minimum absolute atomic E-state index is 0.101. The van der Waals surface area contributed by atoms with Crippen LogP contribution in [0.3, 0.4) is 0 Å². The third-order valence-electron chi connectivity index (χ3n) is 3.80. The van der Waals surface area contributed by atoms with Gasteiger partial charge < -0.3 is 5.32 Å². The fourth-order valence-electron chi connectivity index (χ4n) is 2.45. The summed E-state index contributed by atoms with van der Waals surface area (Å²) in [6.45, 7) is 6.18. The summed E-state index contributed by atoms with van der Waals surface area (Å²) in [5.74, 6) is -0.429. The van der Waals surface area contributed by atoms with Crippen molar-refractivity contribution in [3.63, 3.8) is 0 Å². The molecule has 1 N–H and O–H groups in total. The molecule has 6 heteroatoms. The molecule has 132 valence electrons. The third kappa shape index (κ3) is 4.79. The fraction of sp³-hybridized carbons (Fsp3) is 0.316. The van der Waals surface area contributed by atoms with Crippen molar-refractivity contribution in [2.75, 3.05) is 5.32 Å². The van der Waals surface area contributed by atoms with Crippen LogP contribution in [0.5, 0.6) is 0 Å². The van der Waals surface area contributed by atoms with Crippen molar-refractivity contribution in [3.05, 3.63) is 52.3 Å². The van der Waals surface area contributed by atoms with E-state index < -0.39 is 0 Å². The van der Waals surface area contributed by atoms with Crippen LogP contribution >= 0.6 is 11.6 Å². The molecule has 1 aromatic heterocycles. The van der Waals surface area contributed by atoms with Gasteiger partial charge in [0.2, 0.25) is 5.91 Å². The molecule has 2 rings (SSSR count). The van der Waals surface area contributed by atoms with Crippen LogP contribution in [0, 0.1) is 6.92 Å². The van der Waals surface area contributed by atoms with Crippen LogP contribution in [0.1, 0.15) is 48.3 Å². The predicted molar refractivity (Wildman–Crippen MR) is 101 cm³/mol. The number of aryl methyl sites for hydroxylation is 2. The average Bonchev–Trinajstić information content (AvgIpc) is 2.85. The summed E-state index contributed by atoms with van der Waals surface area (Å²) < 4.78 is 1.75. The summed E-state index contributed by atoms with van der Waals surface area (Å²) in [6.07, 6.45) is 5.10. The van der Waals surface area contributed by atoms with E-state index in [1.165, 1.54) is 13.0 Å². The topological polar surface area (TPSA) is 64.0 Å². The van der Waals surface area contributed by atoms with Gasteiger partial charge in [0.1, 0.15) is 5.15 Å². The number of unbranched alkanes of at least 4 members (excludes halogenated alkanes) is 1. The third-order valence-corrected chi connectivity index (χ3v) is 4.20. The number of hydrogen-bond acceptors (Lipinski definition) is 3. The summed E-state index contributed by atoms with van der Waals surface area (Å²) in [7, 11) is 0. The van der Waals surface area contributed by atoms with Gasteiger partial charge in [-0.1, -0.05) is 37.1 Å². The van der Waals surface area contributed by atoms with Crippen LogP contribution in [0.4, 0.5) is 5.69 Å². The number of carbonyl (C=O) groups is 2.